The smallest absolute Gasteiger partial charge is 0.337 e. The predicted octanol–water partition coefficient (Wildman–Crippen LogP) is 7.35. The number of nitrogens with zero attached hydrogens (tertiary/aromatic N) is 3. The molecule has 7 nitrogen and oxygen atoms in total. The van der Waals surface area contributed by atoms with Crippen LogP contribution in [0.4, 0.5) is 10.1 Å². The Morgan fingerprint density at radius 3 is 2.43 bits per heavy atom. The van der Waals surface area contributed by atoms with Gasteiger partial charge in [0.1, 0.15) is 5.82 Å². The summed E-state index contributed by atoms with van der Waals surface area (Å²) in [6, 6.07) is 11.7. The van der Waals surface area contributed by atoms with Gasteiger partial charge in [-0.25, -0.2) is 9.18 Å². The van der Waals surface area contributed by atoms with Gasteiger partial charge in [-0.1, -0.05) is 38.1 Å². The number of halogens is 1. The average molecular weight is 631 g/mol. The van der Waals surface area contributed by atoms with E-state index in [1.165, 1.54) is 11.1 Å². The number of carboxylic acid groups (broad SMARTS) is 1. The van der Waals surface area contributed by atoms with Crippen molar-refractivity contribution in [2.24, 2.45) is 5.41 Å². The first-order chi connectivity index (χ1) is 21.7. The topological polar surface area (TPSA) is 77.9 Å². The normalized spacial score (nSPS) is 17.5. The van der Waals surface area contributed by atoms with Gasteiger partial charge in [-0.3, -0.25) is 9.88 Å². The minimum Gasteiger partial charge on any atom is -0.479 e. The minimum absolute atomic E-state index is 0.198. The lowest BCUT2D eigenvalue weighted by Crippen LogP contribution is -2.39. The van der Waals surface area contributed by atoms with Crippen molar-refractivity contribution in [1.82, 2.24) is 15.2 Å². The fourth-order valence-corrected chi connectivity index (χ4v) is 6.90. The summed E-state index contributed by atoms with van der Waals surface area (Å²) in [4.78, 5) is 22.8. The maximum atomic E-state index is 13.7. The van der Waals surface area contributed by atoms with Gasteiger partial charge < -0.3 is 20.1 Å². The maximum absolute atomic E-state index is 13.7. The van der Waals surface area contributed by atoms with Gasteiger partial charge in [-0.2, -0.15) is 0 Å². The highest BCUT2D eigenvalue weighted by Crippen LogP contribution is 2.45. The molecule has 8 heteroatoms. The summed E-state index contributed by atoms with van der Waals surface area (Å²) in [6.07, 6.45) is 1.77. The van der Waals surface area contributed by atoms with E-state index in [9.17, 15) is 14.3 Å². The van der Waals surface area contributed by atoms with Crippen molar-refractivity contribution in [3.63, 3.8) is 0 Å². The first-order valence-electron chi connectivity index (χ1n) is 16.6. The molecule has 0 bridgehead atoms. The van der Waals surface area contributed by atoms with Crippen LogP contribution in [0.15, 0.2) is 36.4 Å². The summed E-state index contributed by atoms with van der Waals surface area (Å²) >= 11 is 0. The standard InChI is InChI=1S/C38H51FN4O3/c1-24-19-30(39)12-11-28(24)22-42-16-13-26-20-27(9-10-29(26)23-42)33-31(21-40-8)41-25(2)32(35(36(44)45)46-37(3,4)5)34(33)43-17-14-38(6,7)15-18-43/h9-12,19-20,35,40H,13-18,21-23H2,1-8H3,(H,44,45)/t35-/m0/s1. The summed E-state index contributed by atoms with van der Waals surface area (Å²) in [5.74, 6) is -1.20. The van der Waals surface area contributed by atoms with Crippen LogP contribution in [0.3, 0.4) is 0 Å². The summed E-state index contributed by atoms with van der Waals surface area (Å²) in [7, 11) is 1.92. The van der Waals surface area contributed by atoms with Gasteiger partial charge in [-0.15, -0.1) is 0 Å². The number of benzene rings is 2. The van der Waals surface area contributed by atoms with E-state index in [-0.39, 0.29) is 11.2 Å². The SMILES string of the molecule is CNCc1nc(C)c([C@H](OC(C)(C)C)C(=O)O)c(N2CCC(C)(C)CC2)c1-c1ccc2c(c1)CCN(Cc1ccc(F)cc1C)C2. The van der Waals surface area contributed by atoms with Crippen molar-refractivity contribution < 1.29 is 19.0 Å². The molecule has 0 unspecified atom stereocenters. The lowest BCUT2D eigenvalue weighted by molar-refractivity contribution is -0.160. The summed E-state index contributed by atoms with van der Waals surface area (Å²) in [5, 5.41) is 13.9. The molecule has 1 atom stereocenters. The number of aliphatic carboxylic acids is 1. The van der Waals surface area contributed by atoms with E-state index >= 15 is 0 Å². The van der Waals surface area contributed by atoms with Gasteiger partial charge in [0.15, 0.2) is 6.10 Å². The number of hydrogen-bond acceptors (Lipinski definition) is 6. The highest BCUT2D eigenvalue weighted by Gasteiger charge is 2.37. The van der Waals surface area contributed by atoms with E-state index in [1.807, 2.05) is 47.7 Å². The number of ether oxygens (including phenoxy) is 1. The number of piperidine rings is 1. The molecule has 2 aliphatic heterocycles. The number of hydrogen-bond donors (Lipinski definition) is 2. The van der Waals surface area contributed by atoms with E-state index in [1.54, 1.807) is 12.1 Å². The highest BCUT2D eigenvalue weighted by atomic mass is 19.1. The Balaban J connectivity index is 1.61. The Hall–Kier alpha value is -3.33. The van der Waals surface area contributed by atoms with Crippen molar-refractivity contribution >= 4 is 11.7 Å². The van der Waals surface area contributed by atoms with Crippen LogP contribution < -0.4 is 10.2 Å². The Kier molecular flexibility index (Phi) is 9.92. The molecular formula is C38H51FN4O3. The van der Waals surface area contributed by atoms with Gasteiger partial charge in [-0.05, 0) is 106 Å². The highest BCUT2D eigenvalue weighted by molar-refractivity contribution is 5.88. The molecule has 0 aliphatic carbocycles. The van der Waals surface area contributed by atoms with E-state index in [2.05, 4.69) is 47.2 Å². The van der Waals surface area contributed by atoms with Crippen molar-refractivity contribution in [2.45, 2.75) is 99.1 Å². The number of aromatic nitrogens is 1. The van der Waals surface area contributed by atoms with Crippen molar-refractivity contribution in [2.75, 3.05) is 31.6 Å². The Morgan fingerprint density at radius 2 is 1.80 bits per heavy atom. The third-order valence-electron chi connectivity index (χ3n) is 9.49. The van der Waals surface area contributed by atoms with Crippen LogP contribution in [0, 0.1) is 25.1 Å². The zero-order chi connectivity index (χ0) is 33.4. The molecule has 46 heavy (non-hydrogen) atoms. The average Bonchev–Trinajstić information content (AvgIpc) is 2.97. The van der Waals surface area contributed by atoms with Gasteiger partial charge >= 0.3 is 5.97 Å². The van der Waals surface area contributed by atoms with Crippen LogP contribution in [-0.2, 0) is 35.6 Å². The molecule has 248 valence electrons. The maximum Gasteiger partial charge on any atom is 0.337 e. The van der Waals surface area contributed by atoms with Gasteiger partial charge in [0.05, 0.1) is 17.0 Å². The Bertz CT molecular complexity index is 1590. The molecule has 3 aromatic rings. The molecule has 0 amide bonds. The van der Waals surface area contributed by atoms with E-state index < -0.39 is 17.7 Å². The third kappa shape index (κ3) is 7.62. The fraction of sp³-hybridized carbons (Fsp3) is 0.526. The fourth-order valence-electron chi connectivity index (χ4n) is 6.90. The molecule has 0 radical (unpaired) electrons. The molecule has 5 rings (SSSR count). The van der Waals surface area contributed by atoms with Gasteiger partial charge in [0.2, 0.25) is 0 Å². The van der Waals surface area contributed by atoms with Crippen LogP contribution in [-0.4, -0.2) is 53.2 Å². The zero-order valence-corrected chi connectivity index (χ0v) is 28.9. The number of rotatable bonds is 9. The van der Waals surface area contributed by atoms with E-state index in [0.717, 1.165) is 85.6 Å². The molecule has 0 saturated carbocycles. The van der Waals surface area contributed by atoms with Crippen molar-refractivity contribution in [3.05, 3.63) is 81.4 Å². The Labute approximate surface area is 274 Å². The molecule has 0 spiro atoms. The summed E-state index contributed by atoms with van der Waals surface area (Å²) < 4.78 is 20.0. The molecule has 2 N–H and O–H groups in total. The largest absolute Gasteiger partial charge is 0.479 e. The van der Waals surface area contributed by atoms with Crippen LogP contribution in [0.25, 0.3) is 11.1 Å². The lowest BCUT2D eigenvalue weighted by Gasteiger charge is -2.41. The number of carbonyl (C=O) groups is 1. The summed E-state index contributed by atoms with van der Waals surface area (Å²) in [5.41, 5.74) is 9.51. The van der Waals surface area contributed by atoms with Crippen LogP contribution in [0.1, 0.15) is 92.8 Å². The third-order valence-corrected chi connectivity index (χ3v) is 9.49. The molecule has 2 aliphatic rings. The first kappa shape index (κ1) is 34.0. The molecule has 1 aromatic heterocycles. The molecule has 1 fully saturated rings. The van der Waals surface area contributed by atoms with Crippen LogP contribution in [0.2, 0.25) is 0 Å². The number of fused-ring (bicyclic) bond motifs is 1. The number of carboxylic acids is 1. The van der Waals surface area contributed by atoms with Gasteiger partial charge in [0, 0.05) is 56.1 Å². The van der Waals surface area contributed by atoms with Crippen LogP contribution in [0.5, 0.6) is 0 Å². The van der Waals surface area contributed by atoms with Gasteiger partial charge in [0.25, 0.3) is 0 Å². The lowest BCUT2D eigenvalue weighted by atomic mass is 9.81. The minimum atomic E-state index is -1.15. The van der Waals surface area contributed by atoms with Crippen LogP contribution >= 0.6 is 0 Å². The number of pyridine rings is 1. The quantitative estimate of drug-likeness (QED) is 0.256. The second-order valence-corrected chi connectivity index (χ2v) is 14.9. The predicted molar refractivity (Wildman–Crippen MR) is 183 cm³/mol. The van der Waals surface area contributed by atoms with E-state index in [4.69, 9.17) is 9.72 Å². The Morgan fingerprint density at radius 1 is 1.09 bits per heavy atom. The van der Waals surface area contributed by atoms with E-state index in [0.29, 0.717) is 17.8 Å². The second kappa shape index (κ2) is 13.4. The number of anilines is 1. The van der Waals surface area contributed by atoms with Crippen molar-refractivity contribution in [1.29, 1.82) is 0 Å². The number of nitrogens with one attached hydrogen (secondary N) is 1. The number of aryl methyl sites for hydroxylation is 2. The molecule has 1 saturated heterocycles. The second-order valence-electron chi connectivity index (χ2n) is 14.9. The first-order valence-corrected chi connectivity index (χ1v) is 16.6. The molecular weight excluding hydrogens is 579 g/mol. The zero-order valence-electron chi connectivity index (χ0n) is 28.9. The van der Waals surface area contributed by atoms with Crippen molar-refractivity contribution in [3.8, 4) is 11.1 Å². The molecule has 2 aromatic carbocycles. The monoisotopic (exact) mass is 630 g/mol. The molecule has 3 heterocycles. The summed E-state index contributed by atoms with van der Waals surface area (Å²) in [6.45, 7) is 18.9.